The molecule has 0 spiro atoms. The molecule has 0 bridgehead atoms. The summed E-state index contributed by atoms with van der Waals surface area (Å²) in [7, 11) is 3.10. The van der Waals surface area contributed by atoms with Crippen molar-refractivity contribution in [1.82, 2.24) is 10.3 Å². The number of rotatable bonds is 6. The molecule has 0 aliphatic carbocycles. The maximum atomic E-state index is 11.6. The standard InChI is InChI=1S/C11H16N2O4/c1-16-7-8(17-2)6-12-11(15)9-4-3-5-10(14)13-9/h3-5,8H,6-7H2,1-2H3,(H,12,15)(H,13,14). The number of aromatic nitrogens is 1. The molecule has 0 aliphatic heterocycles. The number of ether oxygens (including phenoxy) is 2. The van der Waals surface area contributed by atoms with Gasteiger partial charge in [0.05, 0.1) is 12.7 Å². The molecule has 0 radical (unpaired) electrons. The Kier molecular flexibility index (Phi) is 5.38. The SMILES string of the molecule is COCC(CNC(=O)c1cccc(=O)[nH]1)OC. The summed E-state index contributed by atoms with van der Waals surface area (Å²) in [5.74, 6) is -0.346. The summed E-state index contributed by atoms with van der Waals surface area (Å²) < 4.78 is 10.0. The normalized spacial score (nSPS) is 12.1. The number of hydrogen-bond donors (Lipinski definition) is 2. The van der Waals surface area contributed by atoms with Crippen LogP contribution in [0.25, 0.3) is 0 Å². The highest BCUT2D eigenvalue weighted by Gasteiger charge is 2.10. The third kappa shape index (κ3) is 4.38. The van der Waals surface area contributed by atoms with E-state index in [4.69, 9.17) is 9.47 Å². The highest BCUT2D eigenvalue weighted by molar-refractivity contribution is 5.92. The number of nitrogens with one attached hydrogen (secondary N) is 2. The fraction of sp³-hybridized carbons (Fsp3) is 0.455. The quantitative estimate of drug-likeness (QED) is 0.719. The van der Waals surface area contributed by atoms with Crippen molar-refractivity contribution in [1.29, 1.82) is 0 Å². The number of hydrogen-bond acceptors (Lipinski definition) is 4. The van der Waals surface area contributed by atoms with E-state index in [1.54, 1.807) is 14.2 Å². The average molecular weight is 240 g/mol. The van der Waals surface area contributed by atoms with Crippen molar-refractivity contribution in [2.75, 3.05) is 27.4 Å². The third-order valence-corrected chi connectivity index (χ3v) is 2.19. The topological polar surface area (TPSA) is 80.4 Å². The number of carbonyl (C=O) groups is 1. The minimum absolute atomic E-state index is 0.209. The zero-order valence-corrected chi connectivity index (χ0v) is 9.86. The van der Waals surface area contributed by atoms with Crippen LogP contribution < -0.4 is 10.9 Å². The summed E-state index contributed by atoms with van der Waals surface area (Å²) in [6.07, 6.45) is -0.209. The Labute approximate surface area is 98.9 Å². The van der Waals surface area contributed by atoms with Crippen LogP contribution in [0.15, 0.2) is 23.0 Å². The molecule has 1 heterocycles. The predicted octanol–water partition coefficient (Wildman–Crippen LogP) is -0.234. The van der Waals surface area contributed by atoms with Gasteiger partial charge in [0.15, 0.2) is 0 Å². The first-order valence-electron chi connectivity index (χ1n) is 5.16. The van der Waals surface area contributed by atoms with E-state index in [2.05, 4.69) is 10.3 Å². The van der Waals surface area contributed by atoms with Crippen LogP contribution in [-0.4, -0.2) is 44.4 Å². The van der Waals surface area contributed by atoms with Gasteiger partial charge in [0, 0.05) is 26.8 Å². The lowest BCUT2D eigenvalue weighted by Gasteiger charge is -2.14. The summed E-state index contributed by atoms with van der Waals surface area (Å²) in [5.41, 5.74) is -0.0809. The van der Waals surface area contributed by atoms with Gasteiger partial charge in [0.2, 0.25) is 5.56 Å². The van der Waals surface area contributed by atoms with Crippen molar-refractivity contribution >= 4 is 5.91 Å². The molecule has 0 aliphatic rings. The summed E-state index contributed by atoms with van der Waals surface area (Å²) in [6, 6.07) is 4.41. The van der Waals surface area contributed by atoms with E-state index >= 15 is 0 Å². The molecule has 6 nitrogen and oxygen atoms in total. The van der Waals surface area contributed by atoms with E-state index in [0.717, 1.165) is 0 Å². The Morgan fingerprint density at radius 3 is 2.82 bits per heavy atom. The van der Waals surface area contributed by atoms with Gasteiger partial charge in [-0.15, -0.1) is 0 Å². The Hall–Kier alpha value is -1.66. The molecule has 1 unspecified atom stereocenters. The van der Waals surface area contributed by atoms with Gasteiger partial charge < -0.3 is 19.8 Å². The van der Waals surface area contributed by atoms with E-state index in [0.29, 0.717) is 13.2 Å². The highest BCUT2D eigenvalue weighted by Crippen LogP contribution is 1.92. The lowest BCUT2D eigenvalue weighted by Crippen LogP contribution is -2.36. The Morgan fingerprint density at radius 2 is 2.24 bits per heavy atom. The van der Waals surface area contributed by atoms with Crippen LogP contribution in [0.3, 0.4) is 0 Å². The maximum Gasteiger partial charge on any atom is 0.267 e. The average Bonchev–Trinajstić information content (AvgIpc) is 2.34. The van der Waals surface area contributed by atoms with E-state index < -0.39 is 0 Å². The molecule has 0 aromatic carbocycles. The fourth-order valence-corrected chi connectivity index (χ4v) is 1.28. The number of aromatic amines is 1. The second-order valence-electron chi connectivity index (χ2n) is 3.45. The molecule has 1 atom stereocenters. The number of H-pyrrole nitrogens is 1. The molecule has 6 heteroatoms. The van der Waals surface area contributed by atoms with Crippen molar-refractivity contribution in [2.45, 2.75) is 6.10 Å². The first-order valence-corrected chi connectivity index (χ1v) is 5.16. The molecule has 1 aromatic rings. The molecule has 1 amide bonds. The van der Waals surface area contributed by atoms with Gasteiger partial charge in [0.1, 0.15) is 5.69 Å². The van der Waals surface area contributed by atoms with E-state index in [1.807, 2.05) is 0 Å². The molecular formula is C11H16N2O4. The zero-order valence-electron chi connectivity index (χ0n) is 9.86. The van der Waals surface area contributed by atoms with Gasteiger partial charge in [-0.25, -0.2) is 0 Å². The second-order valence-corrected chi connectivity index (χ2v) is 3.45. The Bertz CT molecular complexity index is 416. The first kappa shape index (κ1) is 13.4. The smallest absolute Gasteiger partial charge is 0.267 e. The molecule has 17 heavy (non-hydrogen) atoms. The maximum absolute atomic E-state index is 11.6. The van der Waals surface area contributed by atoms with Crippen LogP contribution >= 0.6 is 0 Å². The van der Waals surface area contributed by atoms with Gasteiger partial charge in [-0.2, -0.15) is 0 Å². The highest BCUT2D eigenvalue weighted by atomic mass is 16.5. The van der Waals surface area contributed by atoms with E-state index in [1.165, 1.54) is 18.2 Å². The molecule has 0 fully saturated rings. The number of amides is 1. The largest absolute Gasteiger partial charge is 0.382 e. The summed E-state index contributed by atoms with van der Waals surface area (Å²) in [4.78, 5) is 25.1. The molecule has 2 N–H and O–H groups in total. The van der Waals surface area contributed by atoms with Crippen molar-refractivity contribution in [3.8, 4) is 0 Å². The summed E-state index contributed by atoms with van der Waals surface area (Å²) in [6.45, 7) is 0.711. The minimum atomic E-state index is -0.346. The first-order chi connectivity index (χ1) is 8.17. The monoisotopic (exact) mass is 240 g/mol. The second kappa shape index (κ2) is 6.82. The van der Waals surface area contributed by atoms with E-state index in [9.17, 15) is 9.59 Å². The van der Waals surface area contributed by atoms with Gasteiger partial charge in [0.25, 0.3) is 5.91 Å². The van der Waals surface area contributed by atoms with Crippen LogP contribution in [0, 0.1) is 0 Å². The van der Waals surface area contributed by atoms with Crippen LogP contribution in [0.1, 0.15) is 10.5 Å². The molecule has 0 saturated heterocycles. The van der Waals surface area contributed by atoms with Crippen LogP contribution in [0.4, 0.5) is 0 Å². The van der Waals surface area contributed by atoms with Crippen LogP contribution in [0.2, 0.25) is 0 Å². The van der Waals surface area contributed by atoms with Crippen molar-refractivity contribution in [3.63, 3.8) is 0 Å². The number of pyridine rings is 1. The summed E-state index contributed by atoms with van der Waals surface area (Å²) in [5, 5.41) is 2.65. The molecule has 1 rings (SSSR count). The van der Waals surface area contributed by atoms with Crippen molar-refractivity contribution < 1.29 is 14.3 Å². The van der Waals surface area contributed by atoms with Gasteiger partial charge in [-0.3, -0.25) is 9.59 Å². The van der Waals surface area contributed by atoms with Crippen molar-refractivity contribution in [2.24, 2.45) is 0 Å². The van der Waals surface area contributed by atoms with Gasteiger partial charge in [-0.05, 0) is 6.07 Å². The van der Waals surface area contributed by atoms with Gasteiger partial charge in [-0.1, -0.05) is 6.07 Å². The third-order valence-electron chi connectivity index (χ3n) is 2.19. The Balaban J connectivity index is 2.52. The molecule has 1 aromatic heterocycles. The summed E-state index contributed by atoms with van der Waals surface area (Å²) >= 11 is 0. The van der Waals surface area contributed by atoms with Gasteiger partial charge >= 0.3 is 0 Å². The lowest BCUT2D eigenvalue weighted by atomic mass is 10.3. The number of carbonyl (C=O) groups excluding carboxylic acids is 1. The zero-order chi connectivity index (χ0) is 12.7. The molecule has 94 valence electrons. The fourth-order valence-electron chi connectivity index (χ4n) is 1.28. The van der Waals surface area contributed by atoms with Crippen molar-refractivity contribution in [3.05, 3.63) is 34.2 Å². The lowest BCUT2D eigenvalue weighted by molar-refractivity contribution is 0.0285. The predicted molar refractivity (Wildman–Crippen MR) is 62.1 cm³/mol. The van der Waals surface area contributed by atoms with Crippen LogP contribution in [0.5, 0.6) is 0 Å². The molecule has 0 saturated carbocycles. The molecular weight excluding hydrogens is 224 g/mol. The number of methoxy groups -OCH3 is 2. The van der Waals surface area contributed by atoms with Crippen LogP contribution in [-0.2, 0) is 9.47 Å². The Morgan fingerprint density at radius 1 is 1.47 bits per heavy atom. The minimum Gasteiger partial charge on any atom is -0.382 e. The van der Waals surface area contributed by atoms with E-state index in [-0.39, 0.29) is 23.3 Å².